The van der Waals surface area contributed by atoms with Crippen molar-refractivity contribution in [3.63, 3.8) is 0 Å². The topological polar surface area (TPSA) is 3.24 Å². The lowest BCUT2D eigenvalue weighted by atomic mass is 9.72. The number of rotatable bonds is 4. The van der Waals surface area contributed by atoms with Gasteiger partial charge in [-0.05, 0) is 70.8 Å². The summed E-state index contributed by atoms with van der Waals surface area (Å²) in [5.41, 5.74) is 9.34. The van der Waals surface area contributed by atoms with Crippen molar-refractivity contribution in [2.45, 2.75) is 130 Å². The van der Waals surface area contributed by atoms with E-state index in [1.165, 1.54) is 33.5 Å². The molecule has 34 heavy (non-hydrogen) atoms. The molecule has 0 spiro atoms. The molecule has 0 unspecified atom stereocenters. The number of hydrogen-bond donors (Lipinski definition) is 0. The summed E-state index contributed by atoms with van der Waals surface area (Å²) in [7, 11) is 0. The summed E-state index contributed by atoms with van der Waals surface area (Å²) < 4.78 is 0. The number of hydrogen-bond acceptors (Lipinski definition) is 1. The first-order chi connectivity index (χ1) is 15.4. The molecule has 0 saturated carbocycles. The third-order valence-electron chi connectivity index (χ3n) is 8.03. The zero-order chi connectivity index (χ0) is 25.9. The minimum absolute atomic E-state index is 0.0863. The van der Waals surface area contributed by atoms with E-state index >= 15 is 0 Å². The lowest BCUT2D eigenvalue weighted by Crippen LogP contribution is -2.39. The van der Waals surface area contributed by atoms with Gasteiger partial charge in [0.2, 0.25) is 0 Å². The van der Waals surface area contributed by atoms with Gasteiger partial charge in [0.1, 0.15) is 0 Å². The van der Waals surface area contributed by atoms with Crippen LogP contribution in [0.1, 0.15) is 136 Å². The van der Waals surface area contributed by atoms with Crippen LogP contribution in [0.3, 0.4) is 0 Å². The number of anilines is 1. The average Bonchev–Trinajstić information content (AvgIpc) is 2.95. The highest BCUT2D eigenvalue weighted by molar-refractivity contribution is 5.65. The van der Waals surface area contributed by atoms with Crippen molar-refractivity contribution in [1.82, 2.24) is 0 Å². The first kappa shape index (κ1) is 26.8. The minimum Gasteiger partial charge on any atom is -0.365 e. The van der Waals surface area contributed by atoms with Crippen molar-refractivity contribution in [3.8, 4) is 0 Å². The van der Waals surface area contributed by atoms with Crippen LogP contribution in [0.25, 0.3) is 0 Å². The molecule has 2 aromatic carbocycles. The van der Waals surface area contributed by atoms with Gasteiger partial charge in [0.15, 0.2) is 0 Å². The summed E-state index contributed by atoms with van der Waals surface area (Å²) in [5, 5.41) is 0. The molecule has 0 amide bonds. The SMILES string of the molecule is CC(C)c1cccc(C(C)C)c1N1C[C@](C)(c2cc(C(C)(C)C)cc(C(C)(C)C)c2)CC1(C)C. The zero-order valence-electron chi connectivity index (χ0n) is 24.5. The third kappa shape index (κ3) is 5.09. The van der Waals surface area contributed by atoms with Crippen LogP contribution in [-0.4, -0.2) is 12.1 Å². The van der Waals surface area contributed by atoms with E-state index < -0.39 is 0 Å². The quantitative estimate of drug-likeness (QED) is 0.438. The summed E-state index contributed by atoms with van der Waals surface area (Å²) in [6.07, 6.45) is 1.15. The Labute approximate surface area is 211 Å². The van der Waals surface area contributed by atoms with E-state index in [1.54, 1.807) is 0 Å². The van der Waals surface area contributed by atoms with Gasteiger partial charge in [0, 0.05) is 23.2 Å². The molecule has 1 heterocycles. The Hall–Kier alpha value is -1.76. The lowest BCUT2D eigenvalue weighted by Gasteiger charge is -2.38. The van der Waals surface area contributed by atoms with E-state index in [2.05, 4.69) is 131 Å². The van der Waals surface area contributed by atoms with E-state index in [4.69, 9.17) is 0 Å². The average molecular weight is 462 g/mol. The second kappa shape index (κ2) is 8.72. The fourth-order valence-corrected chi connectivity index (χ4v) is 5.91. The first-order valence-corrected chi connectivity index (χ1v) is 13.4. The van der Waals surface area contributed by atoms with Gasteiger partial charge < -0.3 is 4.90 Å². The highest BCUT2D eigenvalue weighted by atomic mass is 15.2. The Morgan fingerprint density at radius 2 is 1.18 bits per heavy atom. The summed E-state index contributed by atoms with van der Waals surface area (Å²) in [4.78, 5) is 2.76. The molecule has 2 aromatic rings. The molecule has 0 aliphatic carbocycles. The molecular weight excluding hydrogens is 410 g/mol. The van der Waals surface area contributed by atoms with Crippen LogP contribution in [0.15, 0.2) is 36.4 Å². The van der Waals surface area contributed by atoms with Crippen LogP contribution in [0.2, 0.25) is 0 Å². The smallest absolute Gasteiger partial charge is 0.0441 e. The molecule has 0 radical (unpaired) electrons. The first-order valence-electron chi connectivity index (χ1n) is 13.4. The molecule has 3 rings (SSSR count). The van der Waals surface area contributed by atoms with Crippen molar-refractivity contribution in [3.05, 3.63) is 64.2 Å². The fourth-order valence-electron chi connectivity index (χ4n) is 5.91. The van der Waals surface area contributed by atoms with Crippen LogP contribution >= 0.6 is 0 Å². The maximum Gasteiger partial charge on any atom is 0.0441 e. The molecule has 1 aliphatic rings. The predicted molar refractivity (Wildman–Crippen MR) is 152 cm³/mol. The Balaban J connectivity index is 2.20. The molecule has 0 N–H and O–H groups in total. The highest BCUT2D eigenvalue weighted by Gasteiger charge is 2.48. The van der Waals surface area contributed by atoms with Gasteiger partial charge in [-0.1, -0.05) is 113 Å². The summed E-state index contributed by atoms with van der Waals surface area (Å²) in [5.74, 6) is 1.01. The van der Waals surface area contributed by atoms with Gasteiger partial charge >= 0.3 is 0 Å². The molecule has 1 heteroatoms. The summed E-state index contributed by atoms with van der Waals surface area (Å²) in [6, 6.07) is 14.5. The van der Waals surface area contributed by atoms with E-state index in [9.17, 15) is 0 Å². The zero-order valence-corrected chi connectivity index (χ0v) is 24.5. The summed E-state index contributed by atoms with van der Waals surface area (Å²) in [6.45, 7) is 31.9. The second-order valence-electron chi connectivity index (χ2n) is 14.5. The maximum absolute atomic E-state index is 2.76. The van der Waals surface area contributed by atoms with Gasteiger partial charge in [-0.25, -0.2) is 0 Å². The minimum atomic E-state index is 0.0863. The van der Waals surface area contributed by atoms with Crippen LogP contribution in [0.5, 0.6) is 0 Å². The third-order valence-corrected chi connectivity index (χ3v) is 8.03. The van der Waals surface area contributed by atoms with E-state index in [-0.39, 0.29) is 21.8 Å². The lowest BCUT2D eigenvalue weighted by molar-refractivity contribution is 0.442. The second-order valence-corrected chi connectivity index (χ2v) is 14.5. The molecule has 1 aliphatic heterocycles. The molecule has 0 aromatic heterocycles. The Kier molecular flexibility index (Phi) is 6.88. The van der Waals surface area contributed by atoms with Gasteiger partial charge in [-0.3, -0.25) is 0 Å². The normalized spacial score (nSPS) is 21.1. The van der Waals surface area contributed by atoms with Gasteiger partial charge in [-0.15, -0.1) is 0 Å². The largest absolute Gasteiger partial charge is 0.365 e. The summed E-state index contributed by atoms with van der Waals surface area (Å²) >= 11 is 0. The standard InChI is InChI=1S/C33H51N/c1-22(2)27-15-14-16-28(23(3)4)29(27)34-21-33(13,20-32(34,11)12)26-18-24(30(5,6)7)17-25(19-26)31(8,9)10/h14-19,22-23H,20-21H2,1-13H3/t33-/m1/s1. The highest BCUT2D eigenvalue weighted by Crippen LogP contribution is 2.50. The Morgan fingerprint density at radius 3 is 1.56 bits per heavy atom. The van der Waals surface area contributed by atoms with Crippen LogP contribution in [0, 0.1) is 0 Å². The van der Waals surface area contributed by atoms with Crippen LogP contribution in [0.4, 0.5) is 5.69 Å². The fraction of sp³-hybridized carbons (Fsp3) is 0.636. The van der Waals surface area contributed by atoms with Crippen molar-refractivity contribution >= 4 is 5.69 Å². The molecule has 188 valence electrons. The Morgan fingerprint density at radius 1 is 0.735 bits per heavy atom. The van der Waals surface area contributed by atoms with Crippen molar-refractivity contribution in [2.75, 3.05) is 11.4 Å². The Bertz CT molecular complexity index is 967. The van der Waals surface area contributed by atoms with Gasteiger partial charge in [0.25, 0.3) is 0 Å². The molecule has 0 bridgehead atoms. The molecule has 1 fully saturated rings. The van der Waals surface area contributed by atoms with E-state index in [0.29, 0.717) is 11.8 Å². The monoisotopic (exact) mass is 461 g/mol. The molecule has 1 atom stereocenters. The van der Waals surface area contributed by atoms with Crippen molar-refractivity contribution in [2.24, 2.45) is 0 Å². The van der Waals surface area contributed by atoms with Crippen LogP contribution in [-0.2, 0) is 16.2 Å². The van der Waals surface area contributed by atoms with Crippen LogP contribution < -0.4 is 4.90 Å². The van der Waals surface area contributed by atoms with E-state index in [0.717, 1.165) is 13.0 Å². The van der Waals surface area contributed by atoms with Gasteiger partial charge in [-0.2, -0.15) is 0 Å². The number of para-hydroxylation sites is 1. The molecule has 1 saturated heterocycles. The predicted octanol–water partition coefficient (Wildman–Crippen LogP) is 9.47. The maximum atomic E-state index is 2.76. The van der Waals surface area contributed by atoms with Crippen molar-refractivity contribution < 1.29 is 0 Å². The van der Waals surface area contributed by atoms with Crippen molar-refractivity contribution in [1.29, 1.82) is 0 Å². The van der Waals surface area contributed by atoms with E-state index in [1.807, 2.05) is 0 Å². The number of benzene rings is 2. The van der Waals surface area contributed by atoms with Gasteiger partial charge in [0.05, 0.1) is 0 Å². The number of nitrogens with zero attached hydrogens (tertiary/aromatic N) is 1. The molecule has 1 nitrogen and oxygen atoms in total. The molecular formula is C33H51N.